The minimum atomic E-state index is -2.14. The number of hydrogen-bond acceptors (Lipinski definition) is 3. The third kappa shape index (κ3) is 16.3. The molecule has 0 unspecified atom stereocenters. The molecule has 0 aliphatic rings. The number of rotatable bonds is 12. The molecule has 0 aliphatic heterocycles. The van der Waals surface area contributed by atoms with E-state index in [2.05, 4.69) is 13.8 Å². The Morgan fingerprint density at radius 1 is 0.824 bits per heavy atom. The molecule has 0 aromatic heterocycles. The molecular weight excluding hydrogens is 235 g/mol. The van der Waals surface area contributed by atoms with Crippen LogP contribution in [0.1, 0.15) is 71.6 Å². The van der Waals surface area contributed by atoms with E-state index in [-0.39, 0.29) is 0 Å². The van der Waals surface area contributed by atoms with Crippen molar-refractivity contribution in [2.75, 3.05) is 6.61 Å². The Balaban J connectivity index is 2.94. The van der Waals surface area contributed by atoms with Gasteiger partial charge in [-0.2, -0.15) is 0 Å². The van der Waals surface area contributed by atoms with Gasteiger partial charge in [0.05, 0.1) is 6.61 Å². The molecule has 4 heteroatoms. The number of unbranched alkanes of at least 4 members (excludes halogenated alkanes) is 7. The summed E-state index contributed by atoms with van der Waals surface area (Å²) in [5.74, 6) is 0.846. The van der Waals surface area contributed by atoms with Crippen LogP contribution in [0.3, 0.4) is 0 Å². The van der Waals surface area contributed by atoms with Crippen molar-refractivity contribution in [2.45, 2.75) is 71.6 Å². The molecule has 0 aliphatic carbocycles. The summed E-state index contributed by atoms with van der Waals surface area (Å²) in [7, 11) is -2.14. The molecular formula is C13H29O3P. The van der Waals surface area contributed by atoms with Gasteiger partial charge in [0.15, 0.2) is 0 Å². The van der Waals surface area contributed by atoms with Crippen molar-refractivity contribution < 1.29 is 14.3 Å². The highest BCUT2D eigenvalue weighted by Gasteiger charge is 1.98. The molecule has 0 amide bonds. The highest BCUT2D eigenvalue weighted by Crippen LogP contribution is 2.24. The largest absolute Gasteiger partial charge is 0.328 e. The van der Waals surface area contributed by atoms with Crippen molar-refractivity contribution in [3.05, 3.63) is 0 Å². The highest BCUT2D eigenvalue weighted by atomic mass is 31.2. The molecule has 0 heterocycles. The first-order chi connectivity index (χ1) is 8.13. The number of hydrogen-bond donors (Lipinski definition) is 2. The molecule has 0 radical (unpaired) electrons. The summed E-state index contributed by atoms with van der Waals surface area (Å²) in [4.78, 5) is 17.0. The molecule has 0 rings (SSSR count). The first kappa shape index (κ1) is 17.3. The Bertz CT molecular complexity index is 136. The predicted molar refractivity (Wildman–Crippen MR) is 73.7 cm³/mol. The van der Waals surface area contributed by atoms with Crippen LogP contribution in [0.2, 0.25) is 0 Å². The van der Waals surface area contributed by atoms with Gasteiger partial charge < -0.3 is 14.3 Å². The average molecular weight is 264 g/mol. The van der Waals surface area contributed by atoms with E-state index >= 15 is 0 Å². The smallest absolute Gasteiger partial charge is 0.327 e. The summed E-state index contributed by atoms with van der Waals surface area (Å²) in [5, 5.41) is 0. The van der Waals surface area contributed by atoms with Gasteiger partial charge in [0.2, 0.25) is 0 Å². The van der Waals surface area contributed by atoms with Gasteiger partial charge in [-0.05, 0) is 12.3 Å². The average Bonchev–Trinajstić information content (AvgIpc) is 2.25. The van der Waals surface area contributed by atoms with Crippen molar-refractivity contribution in [2.24, 2.45) is 5.92 Å². The normalized spacial score (nSPS) is 11.6. The quantitative estimate of drug-likeness (QED) is 0.406. The molecule has 104 valence electrons. The predicted octanol–water partition coefficient (Wildman–Crippen LogP) is 4.38. The van der Waals surface area contributed by atoms with E-state index in [9.17, 15) is 0 Å². The maximum absolute atomic E-state index is 8.51. The fraction of sp³-hybridized carbons (Fsp3) is 1.00. The van der Waals surface area contributed by atoms with Crippen molar-refractivity contribution >= 4 is 8.60 Å². The van der Waals surface area contributed by atoms with Gasteiger partial charge in [-0.15, -0.1) is 0 Å². The van der Waals surface area contributed by atoms with Crippen LogP contribution in [0, 0.1) is 5.92 Å². The molecule has 2 N–H and O–H groups in total. The lowest BCUT2D eigenvalue weighted by Crippen LogP contribution is -1.90. The Morgan fingerprint density at radius 3 is 1.76 bits per heavy atom. The van der Waals surface area contributed by atoms with E-state index in [0.29, 0.717) is 6.61 Å². The van der Waals surface area contributed by atoms with Gasteiger partial charge in [-0.3, -0.25) is 0 Å². The van der Waals surface area contributed by atoms with Crippen molar-refractivity contribution in [3.63, 3.8) is 0 Å². The van der Waals surface area contributed by atoms with E-state index in [1.54, 1.807) is 0 Å². The Kier molecular flexibility index (Phi) is 13.0. The summed E-state index contributed by atoms with van der Waals surface area (Å²) >= 11 is 0. The second kappa shape index (κ2) is 12.8. The van der Waals surface area contributed by atoms with Gasteiger partial charge in [-0.1, -0.05) is 65.2 Å². The summed E-state index contributed by atoms with van der Waals surface area (Å²) < 4.78 is 4.70. The van der Waals surface area contributed by atoms with E-state index in [1.807, 2.05) is 0 Å². The third-order valence-corrected chi connectivity index (χ3v) is 3.30. The Hall–Kier alpha value is 0.310. The summed E-state index contributed by atoms with van der Waals surface area (Å²) in [5.41, 5.74) is 0. The third-order valence-electron chi connectivity index (χ3n) is 2.88. The van der Waals surface area contributed by atoms with Crippen LogP contribution in [-0.2, 0) is 4.52 Å². The highest BCUT2D eigenvalue weighted by molar-refractivity contribution is 7.39. The van der Waals surface area contributed by atoms with E-state index in [0.717, 1.165) is 18.8 Å². The van der Waals surface area contributed by atoms with Crippen LogP contribution in [0.5, 0.6) is 0 Å². The zero-order chi connectivity index (χ0) is 12.9. The molecule has 0 aromatic carbocycles. The molecule has 0 saturated carbocycles. The lowest BCUT2D eigenvalue weighted by Gasteiger charge is -2.05. The minimum absolute atomic E-state index is 0.479. The Labute approximate surface area is 108 Å². The minimum Gasteiger partial charge on any atom is -0.328 e. The topological polar surface area (TPSA) is 49.7 Å². The van der Waals surface area contributed by atoms with Crippen molar-refractivity contribution in [1.82, 2.24) is 0 Å². The van der Waals surface area contributed by atoms with Crippen molar-refractivity contribution in [3.8, 4) is 0 Å². The first-order valence-electron chi connectivity index (χ1n) is 6.93. The van der Waals surface area contributed by atoms with Crippen LogP contribution in [-0.4, -0.2) is 16.4 Å². The van der Waals surface area contributed by atoms with Crippen LogP contribution in [0.4, 0.5) is 0 Å². The zero-order valence-electron chi connectivity index (χ0n) is 11.4. The monoisotopic (exact) mass is 264 g/mol. The Morgan fingerprint density at radius 2 is 1.29 bits per heavy atom. The maximum Gasteiger partial charge on any atom is 0.327 e. The molecule has 3 nitrogen and oxygen atoms in total. The van der Waals surface area contributed by atoms with Gasteiger partial charge >= 0.3 is 8.60 Å². The van der Waals surface area contributed by atoms with Gasteiger partial charge in [-0.25, -0.2) is 0 Å². The molecule has 0 bridgehead atoms. The van der Waals surface area contributed by atoms with Crippen LogP contribution in [0.25, 0.3) is 0 Å². The second-order valence-electron chi connectivity index (χ2n) is 5.10. The lowest BCUT2D eigenvalue weighted by molar-refractivity contribution is 0.248. The molecule has 0 spiro atoms. The van der Waals surface area contributed by atoms with E-state index in [1.165, 1.54) is 44.9 Å². The van der Waals surface area contributed by atoms with Gasteiger partial charge in [0.1, 0.15) is 0 Å². The summed E-state index contributed by atoms with van der Waals surface area (Å²) in [6.07, 6.45) is 11.4. The van der Waals surface area contributed by atoms with Crippen LogP contribution in [0.15, 0.2) is 0 Å². The first-order valence-corrected chi connectivity index (χ1v) is 8.10. The summed E-state index contributed by atoms with van der Waals surface area (Å²) in [6.45, 7) is 5.05. The zero-order valence-corrected chi connectivity index (χ0v) is 12.3. The maximum atomic E-state index is 8.51. The van der Waals surface area contributed by atoms with Crippen LogP contribution >= 0.6 is 8.60 Å². The SMILES string of the molecule is CC(C)CCCCCCCCCCOP(O)O. The molecule has 0 saturated heterocycles. The lowest BCUT2D eigenvalue weighted by atomic mass is 10.0. The fourth-order valence-corrected chi connectivity index (χ4v) is 2.15. The molecule has 0 atom stereocenters. The molecule has 0 fully saturated rings. The van der Waals surface area contributed by atoms with E-state index in [4.69, 9.17) is 14.3 Å². The van der Waals surface area contributed by atoms with Gasteiger partial charge in [0.25, 0.3) is 0 Å². The van der Waals surface area contributed by atoms with Gasteiger partial charge in [0, 0.05) is 0 Å². The molecule has 17 heavy (non-hydrogen) atoms. The van der Waals surface area contributed by atoms with Crippen LogP contribution < -0.4 is 0 Å². The van der Waals surface area contributed by atoms with Crippen molar-refractivity contribution in [1.29, 1.82) is 0 Å². The van der Waals surface area contributed by atoms with E-state index < -0.39 is 8.60 Å². The summed E-state index contributed by atoms with van der Waals surface area (Å²) in [6, 6.07) is 0. The molecule has 0 aromatic rings. The fourth-order valence-electron chi connectivity index (χ4n) is 1.86. The second-order valence-corrected chi connectivity index (χ2v) is 5.86. The standard InChI is InChI=1S/C13H29O3P/c1-13(2)11-9-7-5-3-4-6-8-10-12-16-17(14)15/h13-15H,3-12H2,1-2H3.